The molecule has 0 aliphatic carbocycles. The third kappa shape index (κ3) is 4.10. The summed E-state index contributed by atoms with van der Waals surface area (Å²) in [7, 11) is 0. The number of benzene rings is 2. The molecule has 0 unspecified atom stereocenters. The van der Waals surface area contributed by atoms with E-state index in [9.17, 15) is 18.8 Å². The Morgan fingerprint density at radius 3 is 2.56 bits per heavy atom. The molecule has 0 saturated carbocycles. The molecule has 0 bridgehead atoms. The number of carbonyl (C=O) groups excluding carboxylic acids is 1. The molecule has 1 aromatic heterocycles. The molecule has 3 aromatic rings. The summed E-state index contributed by atoms with van der Waals surface area (Å²) in [6.07, 6.45) is 1.01. The normalized spacial score (nSPS) is 10.6. The quantitative estimate of drug-likeness (QED) is 0.695. The number of nitrogens with zero attached hydrogens (tertiary/aromatic N) is 1. The number of hydrogen-bond donors (Lipinski definition) is 2. The predicted molar refractivity (Wildman–Crippen MR) is 101 cm³/mol. The zero-order chi connectivity index (χ0) is 19.6. The van der Waals surface area contributed by atoms with Gasteiger partial charge in [-0.15, -0.1) is 0 Å². The fraction of sp³-hybridized carbons (Fsp3) is 0.0556. The molecule has 0 aliphatic heterocycles. The number of aromatic nitrogens is 2. The maximum Gasteiger partial charge on any atom is 0.328 e. The number of anilines is 1. The molecular weight excluding hydrogens is 396 g/mol. The van der Waals surface area contributed by atoms with Gasteiger partial charge in [-0.1, -0.05) is 41.4 Å². The highest BCUT2D eigenvalue weighted by Crippen LogP contribution is 2.25. The van der Waals surface area contributed by atoms with Gasteiger partial charge in [0.05, 0.1) is 16.6 Å². The van der Waals surface area contributed by atoms with Gasteiger partial charge in [0.25, 0.3) is 11.5 Å². The van der Waals surface area contributed by atoms with Gasteiger partial charge in [0, 0.05) is 17.4 Å². The lowest BCUT2D eigenvalue weighted by atomic mass is 10.2. The first-order chi connectivity index (χ1) is 12.9. The van der Waals surface area contributed by atoms with E-state index in [1.807, 2.05) is 0 Å². The van der Waals surface area contributed by atoms with Crippen LogP contribution in [0.3, 0.4) is 0 Å². The van der Waals surface area contributed by atoms with Crippen LogP contribution >= 0.6 is 23.2 Å². The molecule has 138 valence electrons. The van der Waals surface area contributed by atoms with E-state index in [-0.39, 0.29) is 22.7 Å². The summed E-state index contributed by atoms with van der Waals surface area (Å²) in [4.78, 5) is 39.3. The molecular formula is C18H12Cl2FN3O3. The van der Waals surface area contributed by atoms with E-state index >= 15 is 0 Å². The van der Waals surface area contributed by atoms with Gasteiger partial charge in [0.2, 0.25) is 0 Å². The minimum atomic E-state index is -0.848. The minimum Gasteiger partial charge on any atom is -0.322 e. The summed E-state index contributed by atoms with van der Waals surface area (Å²) < 4.78 is 14.6. The highest BCUT2D eigenvalue weighted by Gasteiger charge is 2.16. The van der Waals surface area contributed by atoms with E-state index in [0.29, 0.717) is 10.7 Å². The van der Waals surface area contributed by atoms with Crippen molar-refractivity contribution in [2.24, 2.45) is 0 Å². The van der Waals surface area contributed by atoms with Crippen molar-refractivity contribution in [2.75, 3.05) is 5.32 Å². The molecule has 2 N–H and O–H groups in total. The first kappa shape index (κ1) is 18.9. The number of rotatable bonds is 4. The molecule has 9 heteroatoms. The van der Waals surface area contributed by atoms with E-state index in [0.717, 1.165) is 10.8 Å². The van der Waals surface area contributed by atoms with E-state index in [1.165, 1.54) is 36.4 Å². The summed E-state index contributed by atoms with van der Waals surface area (Å²) >= 11 is 11.7. The van der Waals surface area contributed by atoms with Crippen molar-refractivity contribution in [1.29, 1.82) is 0 Å². The molecule has 1 amide bonds. The van der Waals surface area contributed by atoms with Crippen molar-refractivity contribution in [3.63, 3.8) is 0 Å². The molecule has 0 fully saturated rings. The summed E-state index contributed by atoms with van der Waals surface area (Å²) in [6.45, 7) is -0.311. The van der Waals surface area contributed by atoms with Crippen LogP contribution < -0.4 is 16.6 Å². The summed E-state index contributed by atoms with van der Waals surface area (Å²) in [5, 5.41) is 3.04. The largest absolute Gasteiger partial charge is 0.328 e. The average Bonchev–Trinajstić information content (AvgIpc) is 2.63. The Kier molecular flexibility index (Phi) is 5.43. The van der Waals surface area contributed by atoms with E-state index in [4.69, 9.17) is 23.2 Å². The van der Waals surface area contributed by atoms with Gasteiger partial charge in [-0.05, 0) is 24.3 Å². The average molecular weight is 408 g/mol. The monoisotopic (exact) mass is 407 g/mol. The van der Waals surface area contributed by atoms with Crippen molar-refractivity contribution in [3.05, 3.63) is 96.5 Å². The zero-order valence-electron chi connectivity index (χ0n) is 13.6. The topological polar surface area (TPSA) is 84.0 Å². The molecule has 2 aromatic carbocycles. The Balaban J connectivity index is 1.93. The van der Waals surface area contributed by atoms with E-state index in [2.05, 4.69) is 10.3 Å². The smallest absolute Gasteiger partial charge is 0.322 e. The minimum absolute atomic E-state index is 0.146. The van der Waals surface area contributed by atoms with Gasteiger partial charge in [0.15, 0.2) is 0 Å². The number of hydrogen-bond acceptors (Lipinski definition) is 3. The van der Waals surface area contributed by atoms with Gasteiger partial charge >= 0.3 is 5.69 Å². The number of nitrogens with one attached hydrogen (secondary N) is 2. The molecule has 0 spiro atoms. The Labute approximate surface area is 162 Å². The number of halogens is 3. The van der Waals surface area contributed by atoms with Crippen LogP contribution in [-0.4, -0.2) is 15.5 Å². The zero-order valence-corrected chi connectivity index (χ0v) is 15.1. The third-order valence-corrected chi connectivity index (χ3v) is 4.51. The first-order valence-electron chi connectivity index (χ1n) is 7.69. The van der Waals surface area contributed by atoms with Crippen molar-refractivity contribution in [3.8, 4) is 0 Å². The van der Waals surface area contributed by atoms with Crippen LogP contribution in [0.1, 0.15) is 15.9 Å². The van der Waals surface area contributed by atoms with Crippen LogP contribution in [0.5, 0.6) is 0 Å². The lowest BCUT2D eigenvalue weighted by Crippen LogP contribution is -2.39. The van der Waals surface area contributed by atoms with Crippen LogP contribution in [0, 0.1) is 5.82 Å². The lowest BCUT2D eigenvalue weighted by Gasteiger charge is -2.09. The van der Waals surface area contributed by atoms with Crippen molar-refractivity contribution in [2.45, 2.75) is 6.54 Å². The number of H-pyrrole nitrogens is 1. The summed E-state index contributed by atoms with van der Waals surface area (Å²) in [5.41, 5.74) is -1.45. The van der Waals surface area contributed by atoms with Crippen LogP contribution in [0.4, 0.5) is 10.1 Å². The fourth-order valence-electron chi connectivity index (χ4n) is 2.39. The maximum atomic E-state index is 13.8. The molecule has 27 heavy (non-hydrogen) atoms. The van der Waals surface area contributed by atoms with Gasteiger partial charge < -0.3 is 10.3 Å². The third-order valence-electron chi connectivity index (χ3n) is 3.77. The number of amides is 1. The maximum absolute atomic E-state index is 13.8. The van der Waals surface area contributed by atoms with Crippen LogP contribution in [0.15, 0.2) is 58.3 Å². The number of carbonyl (C=O) groups is 1. The van der Waals surface area contributed by atoms with Crippen molar-refractivity contribution >= 4 is 34.8 Å². The first-order valence-corrected chi connectivity index (χ1v) is 8.44. The Hall–Kier alpha value is -2.90. The molecule has 0 radical (unpaired) electrons. The van der Waals surface area contributed by atoms with Crippen LogP contribution in [0.2, 0.25) is 10.0 Å². The lowest BCUT2D eigenvalue weighted by molar-refractivity contribution is 0.102. The second kappa shape index (κ2) is 7.77. The Bertz CT molecular complexity index is 1140. The SMILES string of the molecule is O=C(Nc1ccc(Cl)c(Cl)c1)c1c[nH]c(=O)n(Cc2ccccc2F)c1=O. The van der Waals surface area contributed by atoms with Gasteiger partial charge in [-0.2, -0.15) is 0 Å². The van der Waals surface area contributed by atoms with Gasteiger partial charge in [-0.3, -0.25) is 14.2 Å². The van der Waals surface area contributed by atoms with Gasteiger partial charge in [0.1, 0.15) is 11.4 Å². The van der Waals surface area contributed by atoms with Crippen LogP contribution in [-0.2, 0) is 6.54 Å². The Morgan fingerprint density at radius 1 is 1.11 bits per heavy atom. The van der Waals surface area contributed by atoms with E-state index < -0.39 is 23.0 Å². The molecule has 0 aliphatic rings. The van der Waals surface area contributed by atoms with Crippen molar-refractivity contribution in [1.82, 2.24) is 9.55 Å². The molecule has 0 saturated heterocycles. The van der Waals surface area contributed by atoms with Gasteiger partial charge in [-0.25, -0.2) is 9.18 Å². The molecule has 3 rings (SSSR count). The fourth-order valence-corrected chi connectivity index (χ4v) is 2.68. The second-order valence-electron chi connectivity index (χ2n) is 5.57. The highest BCUT2D eigenvalue weighted by atomic mass is 35.5. The Morgan fingerprint density at radius 2 is 1.85 bits per heavy atom. The summed E-state index contributed by atoms with van der Waals surface area (Å²) in [5.74, 6) is -1.31. The molecule has 1 heterocycles. The van der Waals surface area contributed by atoms with E-state index in [1.54, 1.807) is 6.07 Å². The molecule has 6 nitrogen and oxygen atoms in total. The summed E-state index contributed by atoms with van der Waals surface area (Å²) in [6, 6.07) is 10.2. The second-order valence-corrected chi connectivity index (χ2v) is 6.39. The highest BCUT2D eigenvalue weighted by molar-refractivity contribution is 6.42. The van der Waals surface area contributed by atoms with Crippen molar-refractivity contribution < 1.29 is 9.18 Å². The standard InChI is InChI=1S/C18H12Cl2FN3O3/c19-13-6-5-11(7-14(13)20)23-16(25)12-8-22-18(27)24(17(12)26)9-10-3-1-2-4-15(10)21/h1-8H,9H2,(H,22,27)(H,23,25). The number of aromatic amines is 1. The van der Waals surface area contributed by atoms with Crippen LogP contribution in [0.25, 0.3) is 0 Å². The molecule has 0 atom stereocenters. The predicted octanol–water partition coefficient (Wildman–Crippen LogP) is 3.28.